The Balaban J connectivity index is 3.08. The predicted molar refractivity (Wildman–Crippen MR) is 56.9 cm³/mol. The Morgan fingerprint density at radius 1 is 1.60 bits per heavy atom. The lowest BCUT2D eigenvalue weighted by Gasteiger charge is -2.13. The lowest BCUT2D eigenvalue weighted by Crippen LogP contribution is -2.09. The minimum Gasteiger partial charge on any atom is -0.481 e. The lowest BCUT2D eigenvalue weighted by molar-refractivity contribution is -0.137. The molecule has 0 saturated carbocycles. The van der Waals surface area contributed by atoms with Crippen LogP contribution in [0.15, 0.2) is 0 Å². The molecule has 15 heavy (non-hydrogen) atoms. The summed E-state index contributed by atoms with van der Waals surface area (Å²) in [6.07, 6.45) is -0.0453. The highest BCUT2D eigenvalue weighted by atomic mass is 35.5. The van der Waals surface area contributed by atoms with E-state index in [0.29, 0.717) is 11.4 Å². The van der Waals surface area contributed by atoms with Crippen LogP contribution in [0.4, 0.5) is 5.82 Å². The van der Waals surface area contributed by atoms with Crippen molar-refractivity contribution in [2.75, 3.05) is 5.73 Å². The number of hydrogen-bond donors (Lipinski definition) is 2. The lowest BCUT2D eigenvalue weighted by atomic mass is 10.00. The van der Waals surface area contributed by atoms with Gasteiger partial charge in [-0.2, -0.15) is 0 Å². The number of carboxylic acids is 1. The number of anilines is 1. The Hall–Kier alpha value is -1.36. The van der Waals surface area contributed by atoms with Gasteiger partial charge in [0.25, 0.3) is 0 Å². The van der Waals surface area contributed by atoms with Crippen molar-refractivity contribution in [3.05, 3.63) is 16.5 Å². The summed E-state index contributed by atoms with van der Waals surface area (Å²) in [7, 11) is 0. The number of nitrogens with zero attached hydrogens (tertiary/aromatic N) is 2. The molecule has 1 aromatic rings. The van der Waals surface area contributed by atoms with E-state index in [0.717, 1.165) is 0 Å². The molecule has 3 N–H and O–H groups in total. The van der Waals surface area contributed by atoms with Crippen LogP contribution in [0.3, 0.4) is 0 Å². The van der Waals surface area contributed by atoms with E-state index in [1.54, 1.807) is 13.8 Å². The molecule has 1 rings (SSSR count). The van der Waals surface area contributed by atoms with Gasteiger partial charge in [0, 0.05) is 5.56 Å². The predicted octanol–water partition coefficient (Wildman–Crippen LogP) is 1.60. The van der Waals surface area contributed by atoms with E-state index in [2.05, 4.69) is 9.97 Å². The number of aliphatic carboxylic acids is 1. The highest BCUT2D eigenvalue weighted by Crippen LogP contribution is 2.29. The summed E-state index contributed by atoms with van der Waals surface area (Å²) in [5.41, 5.74) is 6.17. The molecule has 0 aliphatic rings. The van der Waals surface area contributed by atoms with E-state index in [4.69, 9.17) is 22.4 Å². The van der Waals surface area contributed by atoms with Crippen molar-refractivity contribution >= 4 is 23.4 Å². The minimum absolute atomic E-state index is 0.0453. The molecule has 82 valence electrons. The maximum Gasteiger partial charge on any atom is 0.303 e. The number of hydrogen-bond acceptors (Lipinski definition) is 4. The fourth-order valence-corrected chi connectivity index (χ4v) is 1.79. The number of nitrogen functional groups attached to an aromatic ring is 1. The van der Waals surface area contributed by atoms with Crippen LogP contribution in [-0.2, 0) is 4.79 Å². The number of nitrogens with two attached hydrogens (primary N) is 1. The third-order valence-electron chi connectivity index (χ3n) is 2.01. The van der Waals surface area contributed by atoms with Crippen molar-refractivity contribution in [2.45, 2.75) is 26.2 Å². The number of aromatic nitrogens is 2. The van der Waals surface area contributed by atoms with Crippen molar-refractivity contribution < 1.29 is 9.90 Å². The van der Waals surface area contributed by atoms with Crippen LogP contribution in [0.5, 0.6) is 0 Å². The summed E-state index contributed by atoms with van der Waals surface area (Å²) >= 11 is 5.89. The average molecular weight is 230 g/mol. The molecule has 1 atom stereocenters. The number of carboxylic acid groups (broad SMARTS) is 1. The quantitative estimate of drug-likeness (QED) is 0.769. The summed E-state index contributed by atoms with van der Waals surface area (Å²) in [5, 5.41) is 8.89. The van der Waals surface area contributed by atoms with Gasteiger partial charge < -0.3 is 10.8 Å². The maximum absolute atomic E-state index is 10.5. The largest absolute Gasteiger partial charge is 0.481 e. The van der Waals surface area contributed by atoms with E-state index in [-0.39, 0.29) is 23.3 Å². The Kier molecular flexibility index (Phi) is 3.47. The maximum atomic E-state index is 10.5. The first kappa shape index (κ1) is 11.7. The molecule has 0 spiro atoms. The molecule has 0 saturated heterocycles. The van der Waals surface area contributed by atoms with E-state index in [1.165, 1.54) is 0 Å². The van der Waals surface area contributed by atoms with Crippen LogP contribution < -0.4 is 5.73 Å². The number of halogens is 1. The number of aryl methyl sites for hydroxylation is 1. The first-order valence-electron chi connectivity index (χ1n) is 4.43. The molecule has 6 heteroatoms. The van der Waals surface area contributed by atoms with E-state index in [1.807, 2.05) is 0 Å². The Bertz CT molecular complexity index is 372. The monoisotopic (exact) mass is 229 g/mol. The average Bonchev–Trinajstić information content (AvgIpc) is 1.99. The summed E-state index contributed by atoms with van der Waals surface area (Å²) in [6, 6.07) is 0. The molecule has 1 unspecified atom stereocenters. The van der Waals surface area contributed by atoms with Crippen molar-refractivity contribution in [1.82, 2.24) is 9.97 Å². The van der Waals surface area contributed by atoms with Crippen molar-refractivity contribution in [2.24, 2.45) is 0 Å². The summed E-state index contributed by atoms with van der Waals surface area (Å²) in [4.78, 5) is 18.4. The molecule has 0 radical (unpaired) electrons. The van der Waals surface area contributed by atoms with Gasteiger partial charge in [-0.25, -0.2) is 9.97 Å². The van der Waals surface area contributed by atoms with E-state index in [9.17, 15) is 4.79 Å². The summed E-state index contributed by atoms with van der Waals surface area (Å²) < 4.78 is 0. The van der Waals surface area contributed by atoms with Crippen LogP contribution in [-0.4, -0.2) is 21.0 Å². The smallest absolute Gasteiger partial charge is 0.303 e. The molecule has 5 nitrogen and oxygen atoms in total. The molecule has 1 heterocycles. The van der Waals surface area contributed by atoms with Gasteiger partial charge in [-0.15, -0.1) is 0 Å². The van der Waals surface area contributed by atoms with Gasteiger partial charge >= 0.3 is 5.97 Å². The van der Waals surface area contributed by atoms with Gasteiger partial charge in [0.05, 0.1) is 6.42 Å². The second-order valence-electron chi connectivity index (χ2n) is 3.36. The molecular formula is C9H12ClN3O2. The van der Waals surface area contributed by atoms with E-state index < -0.39 is 5.97 Å². The summed E-state index contributed by atoms with van der Waals surface area (Å²) in [5.74, 6) is -0.473. The highest BCUT2D eigenvalue weighted by molar-refractivity contribution is 6.30. The molecule has 0 bridgehead atoms. The van der Waals surface area contributed by atoms with Gasteiger partial charge in [0.15, 0.2) is 0 Å². The first-order valence-corrected chi connectivity index (χ1v) is 4.81. The highest BCUT2D eigenvalue weighted by Gasteiger charge is 2.18. The standard InChI is InChI=1S/C9H12ClN3O2/c1-4(3-6(14)15)7-8(10)12-5(2)13-9(7)11/h4H,3H2,1-2H3,(H,14,15)(H2,11,12,13). The zero-order chi connectivity index (χ0) is 11.6. The fraction of sp³-hybridized carbons (Fsp3) is 0.444. The van der Waals surface area contributed by atoms with Gasteiger partial charge in [-0.1, -0.05) is 18.5 Å². The fourth-order valence-electron chi connectivity index (χ4n) is 1.39. The molecule has 0 fully saturated rings. The van der Waals surface area contributed by atoms with E-state index >= 15 is 0 Å². The molecule has 0 aliphatic carbocycles. The third kappa shape index (κ3) is 2.79. The van der Waals surface area contributed by atoms with Crippen LogP contribution in [0.25, 0.3) is 0 Å². The van der Waals surface area contributed by atoms with Crippen LogP contribution in [0, 0.1) is 6.92 Å². The zero-order valence-corrected chi connectivity index (χ0v) is 9.25. The topological polar surface area (TPSA) is 89.1 Å². The van der Waals surface area contributed by atoms with Gasteiger partial charge in [-0.05, 0) is 12.8 Å². The molecule has 1 aromatic heterocycles. The van der Waals surface area contributed by atoms with Crippen molar-refractivity contribution in [3.8, 4) is 0 Å². The second kappa shape index (κ2) is 4.44. The summed E-state index contributed by atoms with van der Waals surface area (Å²) in [6.45, 7) is 3.40. The number of rotatable bonds is 3. The number of carbonyl (C=O) groups is 1. The Morgan fingerprint density at radius 3 is 2.67 bits per heavy atom. The van der Waals surface area contributed by atoms with Crippen molar-refractivity contribution in [3.63, 3.8) is 0 Å². The second-order valence-corrected chi connectivity index (χ2v) is 3.72. The Labute approximate surface area is 92.3 Å². The molecule has 0 aliphatic heterocycles. The van der Waals surface area contributed by atoms with Gasteiger partial charge in [-0.3, -0.25) is 4.79 Å². The van der Waals surface area contributed by atoms with Gasteiger partial charge in [0.2, 0.25) is 0 Å². The minimum atomic E-state index is -0.904. The molecule has 0 amide bonds. The molecular weight excluding hydrogens is 218 g/mol. The SMILES string of the molecule is Cc1nc(N)c(C(C)CC(=O)O)c(Cl)n1. The van der Waals surface area contributed by atoms with Crippen LogP contribution in [0.1, 0.15) is 30.7 Å². The molecule has 0 aromatic carbocycles. The van der Waals surface area contributed by atoms with Crippen molar-refractivity contribution in [1.29, 1.82) is 0 Å². The Morgan fingerprint density at radius 2 is 2.20 bits per heavy atom. The zero-order valence-electron chi connectivity index (χ0n) is 8.49. The normalized spacial score (nSPS) is 12.5. The van der Waals surface area contributed by atoms with Gasteiger partial charge in [0.1, 0.15) is 16.8 Å². The van der Waals surface area contributed by atoms with Crippen LogP contribution >= 0.6 is 11.6 Å². The first-order chi connectivity index (χ1) is 6.91. The van der Waals surface area contributed by atoms with Crippen LogP contribution in [0.2, 0.25) is 5.15 Å². The third-order valence-corrected chi connectivity index (χ3v) is 2.30.